The predicted octanol–water partition coefficient (Wildman–Crippen LogP) is 3.80. The highest BCUT2D eigenvalue weighted by Crippen LogP contribution is 2.27. The van der Waals surface area contributed by atoms with Gasteiger partial charge < -0.3 is 4.57 Å². The molecule has 0 unspecified atom stereocenters. The summed E-state index contributed by atoms with van der Waals surface area (Å²) < 4.78 is 3.07. The van der Waals surface area contributed by atoms with Crippen molar-refractivity contribution in [3.63, 3.8) is 0 Å². The fraction of sp³-hybridized carbons (Fsp3) is 0.500. The highest BCUT2D eigenvalue weighted by atomic mass is 79.9. The average Bonchev–Trinajstić information content (AvgIpc) is 2.67. The number of aryl methyl sites for hydroxylation is 1. The van der Waals surface area contributed by atoms with Crippen LogP contribution in [0.4, 0.5) is 0 Å². The number of unbranched alkanes of at least 4 members (excludes halogenated alkanes) is 1. The number of nitrogens with zero attached hydrogens (tertiary/aromatic N) is 4. The van der Waals surface area contributed by atoms with Crippen molar-refractivity contribution in [3.8, 4) is 6.07 Å². The molecule has 0 aliphatic carbocycles. The van der Waals surface area contributed by atoms with Gasteiger partial charge in [0.1, 0.15) is 11.3 Å². The van der Waals surface area contributed by atoms with Crippen molar-refractivity contribution in [2.24, 2.45) is 0 Å². The molecular formula is C14H17BrN4. The molecule has 2 heterocycles. The molecule has 19 heavy (non-hydrogen) atoms. The second-order valence-electron chi connectivity index (χ2n) is 5.59. The van der Waals surface area contributed by atoms with Crippen LogP contribution in [0.1, 0.15) is 39.4 Å². The zero-order valence-electron chi connectivity index (χ0n) is 11.4. The summed E-state index contributed by atoms with van der Waals surface area (Å²) in [6, 6.07) is 4.17. The van der Waals surface area contributed by atoms with E-state index in [-0.39, 0.29) is 5.41 Å². The molecule has 2 rings (SSSR count). The SMILES string of the molecule is CC(C)(C)c1nc2cc(Br)cnc2n1CCCC#N. The van der Waals surface area contributed by atoms with Gasteiger partial charge in [0.05, 0.1) is 6.07 Å². The van der Waals surface area contributed by atoms with Gasteiger partial charge in [-0.05, 0) is 28.4 Å². The lowest BCUT2D eigenvalue weighted by Gasteiger charge is -2.19. The Labute approximate surface area is 121 Å². The maximum absolute atomic E-state index is 8.68. The molecule has 100 valence electrons. The number of aromatic nitrogens is 3. The van der Waals surface area contributed by atoms with Crippen LogP contribution in [0.15, 0.2) is 16.7 Å². The third-order valence-electron chi connectivity index (χ3n) is 2.89. The van der Waals surface area contributed by atoms with Gasteiger partial charge in [-0.15, -0.1) is 0 Å². The van der Waals surface area contributed by atoms with Crippen LogP contribution in [0.25, 0.3) is 11.2 Å². The van der Waals surface area contributed by atoms with E-state index in [4.69, 9.17) is 10.2 Å². The maximum atomic E-state index is 8.68. The molecule has 5 heteroatoms. The highest BCUT2D eigenvalue weighted by molar-refractivity contribution is 9.10. The molecular weight excluding hydrogens is 304 g/mol. The van der Waals surface area contributed by atoms with Crippen LogP contribution in [0.3, 0.4) is 0 Å². The minimum Gasteiger partial charge on any atom is -0.312 e. The second-order valence-corrected chi connectivity index (χ2v) is 6.51. The monoisotopic (exact) mass is 320 g/mol. The highest BCUT2D eigenvalue weighted by Gasteiger charge is 2.23. The molecule has 0 bridgehead atoms. The fourth-order valence-electron chi connectivity index (χ4n) is 2.09. The summed E-state index contributed by atoms with van der Waals surface area (Å²) in [5.41, 5.74) is 1.75. The molecule has 0 aromatic carbocycles. The smallest absolute Gasteiger partial charge is 0.160 e. The standard InChI is InChI=1S/C14H17BrN4/c1-14(2,3)13-18-11-8-10(15)9-17-12(11)19(13)7-5-4-6-16/h8-9H,4-5,7H2,1-3H3. The third kappa shape index (κ3) is 2.95. The van der Waals surface area contributed by atoms with E-state index in [0.717, 1.165) is 34.4 Å². The van der Waals surface area contributed by atoms with Crippen LogP contribution >= 0.6 is 15.9 Å². The van der Waals surface area contributed by atoms with E-state index >= 15 is 0 Å². The quantitative estimate of drug-likeness (QED) is 0.808. The van der Waals surface area contributed by atoms with Crippen LogP contribution in [-0.4, -0.2) is 14.5 Å². The summed E-state index contributed by atoms with van der Waals surface area (Å²) in [4.78, 5) is 9.18. The molecule has 0 saturated carbocycles. The van der Waals surface area contributed by atoms with Crippen molar-refractivity contribution in [2.75, 3.05) is 0 Å². The van der Waals surface area contributed by atoms with E-state index < -0.39 is 0 Å². The van der Waals surface area contributed by atoms with E-state index in [1.165, 1.54) is 0 Å². The summed E-state index contributed by atoms with van der Waals surface area (Å²) in [5.74, 6) is 1.02. The van der Waals surface area contributed by atoms with Gasteiger partial charge in [0.25, 0.3) is 0 Å². The Hall–Kier alpha value is -1.41. The van der Waals surface area contributed by atoms with Crippen LogP contribution in [0, 0.1) is 11.3 Å². The Morgan fingerprint density at radius 3 is 2.79 bits per heavy atom. The van der Waals surface area contributed by atoms with E-state index in [9.17, 15) is 0 Å². The van der Waals surface area contributed by atoms with Crippen LogP contribution < -0.4 is 0 Å². The topological polar surface area (TPSA) is 54.5 Å². The number of hydrogen-bond donors (Lipinski definition) is 0. The summed E-state index contributed by atoms with van der Waals surface area (Å²) >= 11 is 3.43. The molecule has 0 radical (unpaired) electrons. The second kappa shape index (κ2) is 5.30. The van der Waals surface area contributed by atoms with E-state index in [1.807, 2.05) is 6.07 Å². The van der Waals surface area contributed by atoms with Gasteiger partial charge in [-0.1, -0.05) is 20.8 Å². The Morgan fingerprint density at radius 1 is 1.42 bits per heavy atom. The van der Waals surface area contributed by atoms with Gasteiger partial charge in [0.2, 0.25) is 0 Å². The summed E-state index contributed by atoms with van der Waals surface area (Å²) in [5, 5.41) is 8.68. The zero-order chi connectivity index (χ0) is 14.0. The molecule has 4 nitrogen and oxygen atoms in total. The number of rotatable bonds is 3. The first kappa shape index (κ1) is 14.0. The van der Waals surface area contributed by atoms with Crippen molar-refractivity contribution < 1.29 is 0 Å². The van der Waals surface area contributed by atoms with Crippen molar-refractivity contribution in [1.82, 2.24) is 14.5 Å². The molecule has 0 spiro atoms. The number of nitriles is 1. The Balaban J connectivity index is 2.53. The largest absolute Gasteiger partial charge is 0.312 e. The summed E-state index contributed by atoms with van der Waals surface area (Å²) in [6.45, 7) is 7.21. The van der Waals surface area contributed by atoms with E-state index in [0.29, 0.717) is 6.42 Å². The lowest BCUT2D eigenvalue weighted by atomic mass is 9.95. The summed E-state index contributed by atoms with van der Waals surface area (Å²) in [7, 11) is 0. The molecule has 0 aliphatic rings. The van der Waals surface area contributed by atoms with E-state index in [2.05, 4.69) is 52.3 Å². The van der Waals surface area contributed by atoms with Crippen LogP contribution in [0.5, 0.6) is 0 Å². The van der Waals surface area contributed by atoms with Gasteiger partial charge in [0, 0.05) is 29.1 Å². The van der Waals surface area contributed by atoms with Crippen molar-refractivity contribution in [1.29, 1.82) is 5.26 Å². The van der Waals surface area contributed by atoms with Gasteiger partial charge in [0.15, 0.2) is 5.65 Å². The van der Waals surface area contributed by atoms with Crippen molar-refractivity contribution in [3.05, 3.63) is 22.6 Å². The van der Waals surface area contributed by atoms with Crippen LogP contribution in [0.2, 0.25) is 0 Å². The van der Waals surface area contributed by atoms with Crippen LogP contribution in [-0.2, 0) is 12.0 Å². The lowest BCUT2D eigenvalue weighted by Crippen LogP contribution is -2.19. The molecule has 0 aliphatic heterocycles. The normalized spacial score (nSPS) is 11.7. The minimum atomic E-state index is -0.0418. The van der Waals surface area contributed by atoms with Gasteiger partial charge >= 0.3 is 0 Å². The molecule has 0 atom stereocenters. The first-order valence-electron chi connectivity index (χ1n) is 6.32. The Morgan fingerprint density at radius 2 is 2.16 bits per heavy atom. The number of imidazole rings is 1. The fourth-order valence-corrected chi connectivity index (χ4v) is 2.41. The van der Waals surface area contributed by atoms with Gasteiger partial charge in [-0.25, -0.2) is 9.97 Å². The van der Waals surface area contributed by atoms with Crippen molar-refractivity contribution in [2.45, 2.75) is 45.6 Å². The number of hydrogen-bond acceptors (Lipinski definition) is 3. The molecule has 2 aromatic rings. The number of fused-ring (bicyclic) bond motifs is 1. The minimum absolute atomic E-state index is 0.0418. The predicted molar refractivity (Wildman–Crippen MR) is 78.8 cm³/mol. The molecule has 0 amide bonds. The van der Waals surface area contributed by atoms with Crippen molar-refractivity contribution >= 4 is 27.1 Å². The first-order chi connectivity index (χ1) is 8.93. The molecule has 0 saturated heterocycles. The molecule has 2 aromatic heterocycles. The molecule has 0 N–H and O–H groups in total. The average molecular weight is 321 g/mol. The number of halogens is 1. The van der Waals surface area contributed by atoms with Gasteiger partial charge in [-0.2, -0.15) is 5.26 Å². The molecule has 0 fully saturated rings. The lowest BCUT2D eigenvalue weighted by molar-refractivity contribution is 0.496. The van der Waals surface area contributed by atoms with Gasteiger partial charge in [-0.3, -0.25) is 0 Å². The van der Waals surface area contributed by atoms with E-state index in [1.54, 1.807) is 6.20 Å². The Kier molecular flexibility index (Phi) is 3.91. The maximum Gasteiger partial charge on any atom is 0.160 e. The zero-order valence-corrected chi connectivity index (χ0v) is 13.0. The first-order valence-corrected chi connectivity index (χ1v) is 7.12. The number of pyridine rings is 1. The third-order valence-corrected chi connectivity index (χ3v) is 3.33. The Bertz CT molecular complexity index is 631. The summed E-state index contributed by atoms with van der Waals surface area (Å²) in [6.07, 6.45) is 3.17.